The molecule has 0 spiro atoms. The van der Waals surface area contributed by atoms with Crippen molar-refractivity contribution in [2.24, 2.45) is 0 Å². The zero-order chi connectivity index (χ0) is 12.0. The highest BCUT2D eigenvalue weighted by Gasteiger charge is 2.05. The Morgan fingerprint density at radius 3 is 3.06 bits per heavy atom. The summed E-state index contributed by atoms with van der Waals surface area (Å²) in [6.45, 7) is 0.591. The predicted molar refractivity (Wildman–Crippen MR) is 72.7 cm³/mol. The highest BCUT2D eigenvalue weighted by molar-refractivity contribution is 9.10. The third-order valence-corrected chi connectivity index (χ3v) is 3.74. The van der Waals surface area contributed by atoms with Crippen LogP contribution in [0.1, 0.15) is 5.82 Å². The Balaban J connectivity index is 2.23. The SMILES string of the molecule is CNC(=S)NCCS(=O)Cc1ncc(Br)[nH]1. The van der Waals surface area contributed by atoms with Crippen LogP contribution in [-0.2, 0) is 16.6 Å². The van der Waals surface area contributed by atoms with Gasteiger partial charge >= 0.3 is 0 Å². The first-order valence-electron chi connectivity index (χ1n) is 4.61. The first kappa shape index (κ1) is 13.6. The Bertz CT molecular complexity index is 382. The third kappa shape index (κ3) is 5.04. The van der Waals surface area contributed by atoms with Gasteiger partial charge in [-0.3, -0.25) is 4.21 Å². The summed E-state index contributed by atoms with van der Waals surface area (Å²) >= 11 is 8.14. The van der Waals surface area contributed by atoms with Crippen LogP contribution in [0.25, 0.3) is 0 Å². The number of halogens is 1. The minimum Gasteiger partial charge on any atom is -0.366 e. The van der Waals surface area contributed by atoms with E-state index in [1.54, 1.807) is 13.2 Å². The van der Waals surface area contributed by atoms with E-state index in [0.717, 1.165) is 10.4 Å². The molecule has 0 aliphatic carbocycles. The first-order chi connectivity index (χ1) is 7.61. The Hall–Kier alpha value is -0.470. The molecule has 0 saturated heterocycles. The summed E-state index contributed by atoms with van der Waals surface area (Å²) < 4.78 is 12.4. The van der Waals surface area contributed by atoms with Gasteiger partial charge < -0.3 is 15.6 Å². The van der Waals surface area contributed by atoms with Gasteiger partial charge in [-0.15, -0.1) is 0 Å². The first-order valence-corrected chi connectivity index (χ1v) is 7.30. The van der Waals surface area contributed by atoms with Crippen molar-refractivity contribution < 1.29 is 4.21 Å². The summed E-state index contributed by atoms with van der Waals surface area (Å²) in [6.07, 6.45) is 1.65. The fourth-order valence-electron chi connectivity index (χ4n) is 1.00. The number of aromatic amines is 1. The van der Waals surface area contributed by atoms with Crippen LogP contribution in [0.4, 0.5) is 0 Å². The van der Waals surface area contributed by atoms with Crippen molar-refractivity contribution in [1.29, 1.82) is 0 Å². The van der Waals surface area contributed by atoms with E-state index in [2.05, 4.69) is 36.5 Å². The number of nitrogens with zero attached hydrogens (tertiary/aromatic N) is 1. The lowest BCUT2D eigenvalue weighted by Crippen LogP contribution is -2.35. The van der Waals surface area contributed by atoms with Crippen molar-refractivity contribution in [3.8, 4) is 0 Å². The molecule has 1 rings (SSSR count). The fraction of sp³-hybridized carbons (Fsp3) is 0.500. The van der Waals surface area contributed by atoms with Gasteiger partial charge in [0.25, 0.3) is 0 Å². The minimum atomic E-state index is -0.941. The molecule has 90 valence electrons. The molecule has 8 heteroatoms. The van der Waals surface area contributed by atoms with Crippen LogP contribution in [0.3, 0.4) is 0 Å². The third-order valence-electron chi connectivity index (χ3n) is 1.74. The molecule has 5 nitrogen and oxygen atoms in total. The molecule has 1 atom stereocenters. The molecule has 3 N–H and O–H groups in total. The second-order valence-electron chi connectivity index (χ2n) is 2.97. The van der Waals surface area contributed by atoms with E-state index in [-0.39, 0.29) is 0 Å². The van der Waals surface area contributed by atoms with Crippen LogP contribution in [0.5, 0.6) is 0 Å². The number of imidazole rings is 1. The van der Waals surface area contributed by atoms with Crippen LogP contribution in [0.2, 0.25) is 0 Å². The van der Waals surface area contributed by atoms with Gasteiger partial charge in [-0.1, -0.05) is 0 Å². The van der Waals surface area contributed by atoms with Crippen molar-refractivity contribution in [3.05, 3.63) is 16.6 Å². The summed E-state index contributed by atoms with van der Waals surface area (Å²) in [4.78, 5) is 7.03. The van der Waals surface area contributed by atoms with Gasteiger partial charge in [0.15, 0.2) is 5.11 Å². The Labute approximate surface area is 110 Å². The zero-order valence-corrected chi connectivity index (χ0v) is 12.0. The number of nitrogens with one attached hydrogen (secondary N) is 3. The number of hydrogen-bond donors (Lipinski definition) is 3. The summed E-state index contributed by atoms with van der Waals surface area (Å²) in [6, 6.07) is 0. The van der Waals surface area contributed by atoms with Crippen LogP contribution in [-0.4, -0.2) is 38.6 Å². The van der Waals surface area contributed by atoms with Crippen molar-refractivity contribution in [2.75, 3.05) is 19.3 Å². The topological polar surface area (TPSA) is 69.8 Å². The predicted octanol–water partition coefficient (Wildman–Crippen LogP) is 0.515. The fourth-order valence-corrected chi connectivity index (χ4v) is 2.36. The highest BCUT2D eigenvalue weighted by atomic mass is 79.9. The van der Waals surface area contributed by atoms with E-state index in [4.69, 9.17) is 12.2 Å². The molecular weight excluding hydrogens is 312 g/mol. The van der Waals surface area contributed by atoms with Crippen LogP contribution in [0, 0.1) is 0 Å². The lowest BCUT2D eigenvalue weighted by molar-refractivity contribution is 0.680. The molecule has 0 radical (unpaired) electrons. The molecule has 0 aromatic carbocycles. The van der Waals surface area contributed by atoms with Gasteiger partial charge in [-0.05, 0) is 28.1 Å². The standard InChI is InChI=1S/C8H13BrN4OS2/c1-10-8(15)11-2-3-16(14)5-7-12-4-6(9)13-7/h4H,2-3,5H2,1H3,(H,12,13)(H2,10,11,15). The average Bonchev–Trinajstić information content (AvgIpc) is 2.63. The molecule has 0 fully saturated rings. The van der Waals surface area contributed by atoms with Gasteiger partial charge in [-0.2, -0.15) is 0 Å². The average molecular weight is 325 g/mol. The van der Waals surface area contributed by atoms with Crippen molar-refractivity contribution in [1.82, 2.24) is 20.6 Å². The van der Waals surface area contributed by atoms with Crippen molar-refractivity contribution >= 4 is 44.1 Å². The largest absolute Gasteiger partial charge is 0.366 e. The van der Waals surface area contributed by atoms with Gasteiger partial charge in [0.2, 0.25) is 0 Å². The molecule has 16 heavy (non-hydrogen) atoms. The van der Waals surface area contributed by atoms with E-state index in [9.17, 15) is 4.21 Å². The van der Waals surface area contributed by atoms with Gasteiger partial charge in [-0.25, -0.2) is 4.98 Å². The molecule has 0 aliphatic heterocycles. The smallest absolute Gasteiger partial charge is 0.166 e. The number of H-pyrrole nitrogens is 1. The second-order valence-corrected chi connectivity index (χ2v) is 5.81. The quantitative estimate of drug-likeness (QED) is 0.689. The Morgan fingerprint density at radius 2 is 2.50 bits per heavy atom. The van der Waals surface area contributed by atoms with E-state index < -0.39 is 10.8 Å². The summed E-state index contributed by atoms with van der Waals surface area (Å²) in [5, 5.41) is 6.30. The molecule has 1 aromatic rings. The van der Waals surface area contributed by atoms with E-state index in [1.165, 1.54) is 0 Å². The van der Waals surface area contributed by atoms with Gasteiger partial charge in [0, 0.05) is 30.1 Å². The van der Waals surface area contributed by atoms with Crippen LogP contribution >= 0.6 is 28.1 Å². The molecular formula is C8H13BrN4OS2. The number of thiocarbonyl (C=S) groups is 1. The molecule has 0 amide bonds. The van der Waals surface area contributed by atoms with Crippen LogP contribution in [0.15, 0.2) is 10.8 Å². The number of hydrogen-bond acceptors (Lipinski definition) is 3. The Kier molecular flexibility index (Phi) is 5.93. The maximum Gasteiger partial charge on any atom is 0.166 e. The molecule has 0 saturated carbocycles. The summed E-state index contributed by atoms with van der Waals surface area (Å²) in [7, 11) is 0.802. The number of aromatic nitrogens is 2. The maximum atomic E-state index is 11.6. The van der Waals surface area contributed by atoms with Gasteiger partial charge in [0.05, 0.1) is 11.9 Å². The lowest BCUT2D eigenvalue weighted by atomic mass is 10.7. The normalized spacial score (nSPS) is 12.1. The summed E-state index contributed by atoms with van der Waals surface area (Å²) in [5.41, 5.74) is 0. The molecule has 1 heterocycles. The van der Waals surface area contributed by atoms with Gasteiger partial charge in [0.1, 0.15) is 10.4 Å². The Morgan fingerprint density at radius 1 is 1.75 bits per heavy atom. The molecule has 1 aromatic heterocycles. The maximum absolute atomic E-state index is 11.6. The van der Waals surface area contributed by atoms with Crippen LogP contribution < -0.4 is 10.6 Å². The molecule has 0 aliphatic rings. The van der Waals surface area contributed by atoms with E-state index in [0.29, 0.717) is 23.2 Å². The molecule has 1 unspecified atom stereocenters. The monoisotopic (exact) mass is 324 g/mol. The summed E-state index contributed by atoms with van der Waals surface area (Å²) in [5.74, 6) is 1.70. The van der Waals surface area contributed by atoms with E-state index in [1.807, 2.05) is 0 Å². The zero-order valence-electron chi connectivity index (χ0n) is 8.75. The van der Waals surface area contributed by atoms with Crippen molar-refractivity contribution in [2.45, 2.75) is 5.75 Å². The van der Waals surface area contributed by atoms with E-state index >= 15 is 0 Å². The van der Waals surface area contributed by atoms with Crippen molar-refractivity contribution in [3.63, 3.8) is 0 Å². The highest BCUT2D eigenvalue weighted by Crippen LogP contribution is 2.06. The lowest BCUT2D eigenvalue weighted by Gasteiger charge is -2.05. The number of rotatable bonds is 5. The molecule has 0 bridgehead atoms. The second kappa shape index (κ2) is 6.97. The minimum absolute atomic E-state index is 0.430.